The summed E-state index contributed by atoms with van der Waals surface area (Å²) in [5.74, 6) is -1.63. The molecule has 0 spiro atoms. The fourth-order valence-corrected chi connectivity index (χ4v) is 2.96. The van der Waals surface area contributed by atoms with E-state index in [0.717, 1.165) is 0 Å². The van der Waals surface area contributed by atoms with Crippen LogP contribution < -0.4 is 4.90 Å². The summed E-state index contributed by atoms with van der Waals surface area (Å²) in [4.78, 5) is 40.1. The third kappa shape index (κ3) is 5.70. The molecule has 0 aliphatic carbocycles. The Morgan fingerprint density at radius 1 is 1.33 bits per heavy atom. The first-order chi connectivity index (χ1) is 13.7. The number of piperazine rings is 1. The van der Waals surface area contributed by atoms with E-state index in [1.54, 1.807) is 20.8 Å². The molecule has 166 valence electrons. The minimum atomic E-state index is -4.83. The highest BCUT2D eigenvalue weighted by Crippen LogP contribution is 2.36. The number of hydrogen-bond donors (Lipinski definition) is 1. The number of carboxylic acids is 1. The van der Waals surface area contributed by atoms with E-state index in [4.69, 9.17) is 4.74 Å². The maximum atomic E-state index is 12.9. The first-order valence-corrected chi connectivity index (χ1v) is 8.87. The van der Waals surface area contributed by atoms with Crippen LogP contribution in [0.4, 0.5) is 29.5 Å². The van der Waals surface area contributed by atoms with Crippen LogP contribution in [0.15, 0.2) is 12.3 Å². The number of carboxylic acid groups (broad SMARTS) is 1. The molecular weight excluding hydrogens is 413 g/mol. The van der Waals surface area contributed by atoms with Gasteiger partial charge in [0.05, 0.1) is 22.9 Å². The predicted octanol–water partition coefficient (Wildman–Crippen LogP) is 2.91. The molecule has 0 radical (unpaired) electrons. The monoisotopic (exact) mass is 434 g/mol. The Morgan fingerprint density at radius 3 is 2.47 bits per heavy atom. The summed E-state index contributed by atoms with van der Waals surface area (Å²) in [6.45, 7) is 4.77. The van der Waals surface area contributed by atoms with Gasteiger partial charge in [-0.15, -0.1) is 0 Å². The van der Waals surface area contributed by atoms with Crippen molar-refractivity contribution in [1.82, 2.24) is 9.88 Å². The minimum Gasteiger partial charge on any atom is -0.481 e. The maximum absolute atomic E-state index is 12.9. The normalized spacial score (nSPS) is 17.6. The first-order valence-electron chi connectivity index (χ1n) is 8.87. The Bertz CT molecular complexity index is 840. The standard InChI is InChI=1S/C17H21F3N4O6/c1-16(2,3)30-15(27)22-4-5-23(11(9-22)7-13(25)26)14-12(24(28)29)6-10(8-21-14)17(18,19)20/h6,8,11H,4-5,7,9H2,1-3H3,(H,25,26). The van der Waals surface area contributed by atoms with Crippen molar-refractivity contribution in [3.8, 4) is 0 Å². The number of carbonyl (C=O) groups is 2. The van der Waals surface area contributed by atoms with Gasteiger partial charge in [-0.05, 0) is 20.8 Å². The summed E-state index contributed by atoms with van der Waals surface area (Å²) in [7, 11) is 0. The summed E-state index contributed by atoms with van der Waals surface area (Å²) in [5, 5.41) is 20.6. The van der Waals surface area contributed by atoms with E-state index in [1.165, 1.54) is 9.80 Å². The number of halogens is 3. The van der Waals surface area contributed by atoms with Crippen molar-refractivity contribution < 1.29 is 37.5 Å². The number of aromatic nitrogens is 1. The van der Waals surface area contributed by atoms with Gasteiger partial charge >= 0.3 is 23.9 Å². The van der Waals surface area contributed by atoms with Crippen LogP contribution in [0.2, 0.25) is 0 Å². The molecule has 1 saturated heterocycles. The third-order valence-corrected chi connectivity index (χ3v) is 4.19. The molecule has 0 saturated carbocycles. The summed E-state index contributed by atoms with van der Waals surface area (Å²) >= 11 is 0. The topological polar surface area (TPSA) is 126 Å². The molecule has 13 heteroatoms. The van der Waals surface area contributed by atoms with Gasteiger partial charge in [-0.2, -0.15) is 13.2 Å². The van der Waals surface area contributed by atoms with Crippen LogP contribution in [-0.4, -0.2) is 63.3 Å². The quantitative estimate of drug-likeness (QED) is 0.566. The number of nitro groups is 1. The van der Waals surface area contributed by atoms with E-state index < -0.39 is 52.5 Å². The second-order valence-corrected chi connectivity index (χ2v) is 7.69. The number of rotatable bonds is 4. The summed E-state index contributed by atoms with van der Waals surface area (Å²) in [6.07, 6.45) is -5.57. The summed E-state index contributed by atoms with van der Waals surface area (Å²) in [6, 6.07) is -0.591. The van der Waals surface area contributed by atoms with Crippen molar-refractivity contribution in [3.05, 3.63) is 27.9 Å². The molecule has 1 aliphatic rings. The number of anilines is 1. The van der Waals surface area contributed by atoms with Gasteiger partial charge in [0.2, 0.25) is 5.82 Å². The Balaban J connectivity index is 2.37. The van der Waals surface area contributed by atoms with E-state index in [2.05, 4.69) is 4.98 Å². The van der Waals surface area contributed by atoms with Crippen molar-refractivity contribution in [2.75, 3.05) is 24.5 Å². The number of hydrogen-bond acceptors (Lipinski definition) is 7. The van der Waals surface area contributed by atoms with Gasteiger partial charge in [-0.1, -0.05) is 0 Å². The average Bonchev–Trinajstić information content (AvgIpc) is 2.58. The van der Waals surface area contributed by atoms with Crippen LogP contribution >= 0.6 is 0 Å². The van der Waals surface area contributed by atoms with Gasteiger partial charge in [0.15, 0.2) is 0 Å². The molecular formula is C17H21F3N4O6. The van der Waals surface area contributed by atoms with Crippen LogP contribution in [0.25, 0.3) is 0 Å². The molecule has 0 aromatic carbocycles. The van der Waals surface area contributed by atoms with Gasteiger partial charge in [0, 0.05) is 31.9 Å². The Hall–Kier alpha value is -3.12. The summed E-state index contributed by atoms with van der Waals surface area (Å²) < 4.78 is 44.0. The Kier molecular flexibility index (Phi) is 6.42. The van der Waals surface area contributed by atoms with E-state index in [9.17, 15) is 38.0 Å². The number of pyridine rings is 1. The van der Waals surface area contributed by atoms with Crippen LogP contribution in [-0.2, 0) is 15.7 Å². The molecule has 1 fully saturated rings. The van der Waals surface area contributed by atoms with Gasteiger partial charge in [0.25, 0.3) is 0 Å². The van der Waals surface area contributed by atoms with Gasteiger partial charge in [-0.25, -0.2) is 9.78 Å². The smallest absolute Gasteiger partial charge is 0.418 e. The third-order valence-electron chi connectivity index (χ3n) is 4.19. The van der Waals surface area contributed by atoms with Crippen molar-refractivity contribution in [1.29, 1.82) is 0 Å². The van der Waals surface area contributed by atoms with E-state index >= 15 is 0 Å². The average molecular weight is 434 g/mol. The van der Waals surface area contributed by atoms with Crippen LogP contribution in [0.3, 0.4) is 0 Å². The van der Waals surface area contributed by atoms with E-state index in [-0.39, 0.29) is 25.5 Å². The highest BCUT2D eigenvalue weighted by molar-refractivity contribution is 5.72. The molecule has 2 heterocycles. The lowest BCUT2D eigenvalue weighted by atomic mass is 10.1. The zero-order chi connectivity index (χ0) is 22.9. The lowest BCUT2D eigenvalue weighted by Gasteiger charge is -2.41. The zero-order valence-corrected chi connectivity index (χ0v) is 16.5. The number of ether oxygens (including phenoxy) is 1. The molecule has 1 N–H and O–H groups in total. The number of alkyl halides is 3. The fourth-order valence-electron chi connectivity index (χ4n) is 2.96. The predicted molar refractivity (Wildman–Crippen MR) is 97.1 cm³/mol. The van der Waals surface area contributed by atoms with Crippen LogP contribution in [0.5, 0.6) is 0 Å². The highest BCUT2D eigenvalue weighted by Gasteiger charge is 2.39. The molecule has 1 aromatic rings. The molecule has 1 amide bonds. The van der Waals surface area contributed by atoms with Crippen molar-refractivity contribution in [2.24, 2.45) is 0 Å². The number of amides is 1. The lowest BCUT2D eigenvalue weighted by Crippen LogP contribution is -2.56. The fraction of sp³-hybridized carbons (Fsp3) is 0.588. The van der Waals surface area contributed by atoms with E-state index in [0.29, 0.717) is 12.3 Å². The molecule has 2 rings (SSSR count). The van der Waals surface area contributed by atoms with Crippen LogP contribution in [0, 0.1) is 10.1 Å². The number of aliphatic carboxylic acids is 1. The van der Waals surface area contributed by atoms with Crippen molar-refractivity contribution in [3.63, 3.8) is 0 Å². The zero-order valence-electron chi connectivity index (χ0n) is 16.5. The Morgan fingerprint density at radius 2 is 1.97 bits per heavy atom. The second-order valence-electron chi connectivity index (χ2n) is 7.69. The second kappa shape index (κ2) is 8.32. The minimum absolute atomic E-state index is 0.0187. The van der Waals surface area contributed by atoms with Crippen LogP contribution in [0.1, 0.15) is 32.8 Å². The first kappa shape index (κ1) is 23.2. The van der Waals surface area contributed by atoms with Gasteiger partial charge in [0.1, 0.15) is 5.60 Å². The van der Waals surface area contributed by atoms with Crippen molar-refractivity contribution in [2.45, 2.75) is 45.0 Å². The molecule has 1 aliphatic heterocycles. The molecule has 0 bridgehead atoms. The lowest BCUT2D eigenvalue weighted by molar-refractivity contribution is -0.384. The molecule has 30 heavy (non-hydrogen) atoms. The number of carbonyl (C=O) groups excluding carboxylic acids is 1. The molecule has 10 nitrogen and oxygen atoms in total. The molecule has 1 aromatic heterocycles. The van der Waals surface area contributed by atoms with Crippen molar-refractivity contribution >= 4 is 23.6 Å². The molecule has 1 atom stereocenters. The largest absolute Gasteiger partial charge is 0.481 e. The van der Waals surface area contributed by atoms with Gasteiger partial charge in [-0.3, -0.25) is 14.9 Å². The van der Waals surface area contributed by atoms with Gasteiger partial charge < -0.3 is 19.6 Å². The summed E-state index contributed by atoms with van der Waals surface area (Å²) in [5.41, 5.74) is -2.98. The Labute approximate surface area is 169 Å². The number of nitrogens with zero attached hydrogens (tertiary/aromatic N) is 4. The SMILES string of the molecule is CC(C)(C)OC(=O)N1CCN(c2ncc(C(F)(F)F)cc2[N+](=O)[O-])C(CC(=O)O)C1. The van der Waals surface area contributed by atoms with E-state index in [1.807, 2.05) is 0 Å². The molecule has 1 unspecified atom stereocenters. The maximum Gasteiger partial charge on any atom is 0.418 e. The highest BCUT2D eigenvalue weighted by atomic mass is 19.4.